The SMILES string of the molecule is CCN(CC)C(=O)Cc1ccc(NC(=O)N(C)Cc2ccccn2)cc1. The van der Waals surface area contributed by atoms with Gasteiger partial charge in [-0.1, -0.05) is 18.2 Å². The van der Waals surface area contributed by atoms with E-state index in [1.54, 1.807) is 18.1 Å². The molecule has 1 heterocycles. The molecule has 1 N–H and O–H groups in total. The third kappa shape index (κ3) is 5.58. The van der Waals surface area contributed by atoms with Crippen molar-refractivity contribution < 1.29 is 9.59 Å². The lowest BCUT2D eigenvalue weighted by Crippen LogP contribution is -2.32. The van der Waals surface area contributed by atoms with Gasteiger partial charge < -0.3 is 15.1 Å². The molecule has 1 aromatic carbocycles. The lowest BCUT2D eigenvalue weighted by Gasteiger charge is -2.19. The van der Waals surface area contributed by atoms with Gasteiger partial charge in [0.05, 0.1) is 18.7 Å². The zero-order valence-electron chi connectivity index (χ0n) is 15.6. The maximum Gasteiger partial charge on any atom is 0.321 e. The van der Waals surface area contributed by atoms with Crippen LogP contribution in [0.5, 0.6) is 0 Å². The Morgan fingerprint density at radius 3 is 2.31 bits per heavy atom. The van der Waals surface area contributed by atoms with Crippen LogP contribution in [-0.2, 0) is 17.8 Å². The van der Waals surface area contributed by atoms with E-state index < -0.39 is 0 Å². The van der Waals surface area contributed by atoms with Gasteiger partial charge >= 0.3 is 6.03 Å². The van der Waals surface area contributed by atoms with Crippen molar-refractivity contribution in [3.8, 4) is 0 Å². The van der Waals surface area contributed by atoms with Crippen LogP contribution in [0.25, 0.3) is 0 Å². The Kier molecular flexibility index (Phi) is 7.14. The molecule has 3 amide bonds. The summed E-state index contributed by atoms with van der Waals surface area (Å²) < 4.78 is 0. The zero-order chi connectivity index (χ0) is 18.9. The number of nitrogens with one attached hydrogen (secondary N) is 1. The third-order valence-corrected chi connectivity index (χ3v) is 4.15. The maximum atomic E-state index is 12.3. The first-order valence-electron chi connectivity index (χ1n) is 8.82. The minimum Gasteiger partial charge on any atom is -0.343 e. The molecule has 6 heteroatoms. The number of carbonyl (C=O) groups excluding carboxylic acids is 2. The third-order valence-electron chi connectivity index (χ3n) is 4.15. The number of urea groups is 1. The number of likely N-dealkylation sites (N-methyl/N-ethyl adjacent to an activating group) is 1. The van der Waals surface area contributed by atoms with Crippen molar-refractivity contribution in [2.75, 3.05) is 25.5 Å². The topological polar surface area (TPSA) is 65.5 Å². The summed E-state index contributed by atoms with van der Waals surface area (Å²) >= 11 is 0. The first-order valence-corrected chi connectivity index (χ1v) is 8.82. The van der Waals surface area contributed by atoms with E-state index in [1.807, 2.05) is 61.2 Å². The molecule has 26 heavy (non-hydrogen) atoms. The van der Waals surface area contributed by atoms with Gasteiger partial charge in [0.1, 0.15) is 0 Å². The average Bonchev–Trinajstić information content (AvgIpc) is 2.65. The van der Waals surface area contributed by atoms with Crippen LogP contribution >= 0.6 is 0 Å². The molecule has 0 spiro atoms. The molecular weight excluding hydrogens is 328 g/mol. The number of carbonyl (C=O) groups is 2. The van der Waals surface area contributed by atoms with Gasteiger partial charge in [-0.3, -0.25) is 9.78 Å². The molecule has 0 aliphatic carbocycles. The van der Waals surface area contributed by atoms with Crippen molar-refractivity contribution in [2.45, 2.75) is 26.8 Å². The normalized spacial score (nSPS) is 10.3. The molecule has 6 nitrogen and oxygen atoms in total. The number of aromatic nitrogens is 1. The van der Waals surface area contributed by atoms with Crippen LogP contribution in [0.1, 0.15) is 25.1 Å². The van der Waals surface area contributed by atoms with Crippen LogP contribution in [0.3, 0.4) is 0 Å². The van der Waals surface area contributed by atoms with Crippen molar-refractivity contribution in [1.82, 2.24) is 14.8 Å². The summed E-state index contributed by atoms with van der Waals surface area (Å²) in [7, 11) is 1.72. The van der Waals surface area contributed by atoms with Gasteiger partial charge in [0.25, 0.3) is 0 Å². The van der Waals surface area contributed by atoms with E-state index in [0.29, 0.717) is 31.7 Å². The summed E-state index contributed by atoms with van der Waals surface area (Å²) in [5.74, 6) is 0.113. The molecule has 0 fully saturated rings. The Hall–Kier alpha value is -2.89. The molecular formula is C20H26N4O2. The fourth-order valence-electron chi connectivity index (χ4n) is 2.59. The van der Waals surface area contributed by atoms with E-state index in [2.05, 4.69) is 10.3 Å². The quantitative estimate of drug-likeness (QED) is 0.831. The van der Waals surface area contributed by atoms with Crippen molar-refractivity contribution >= 4 is 17.6 Å². The van der Waals surface area contributed by atoms with E-state index in [9.17, 15) is 9.59 Å². The van der Waals surface area contributed by atoms with Gasteiger partial charge in [0.2, 0.25) is 5.91 Å². The Balaban J connectivity index is 1.90. The molecule has 1 aromatic heterocycles. The second-order valence-corrected chi connectivity index (χ2v) is 6.05. The number of benzene rings is 1. The lowest BCUT2D eigenvalue weighted by molar-refractivity contribution is -0.130. The molecule has 0 saturated carbocycles. The molecule has 138 valence electrons. The smallest absolute Gasteiger partial charge is 0.321 e. The van der Waals surface area contributed by atoms with Crippen molar-refractivity contribution in [3.05, 3.63) is 59.9 Å². The summed E-state index contributed by atoms with van der Waals surface area (Å²) in [6.07, 6.45) is 2.08. The zero-order valence-corrected chi connectivity index (χ0v) is 15.6. The molecule has 2 rings (SSSR count). The maximum absolute atomic E-state index is 12.3. The number of rotatable bonds is 7. The molecule has 0 atom stereocenters. The molecule has 0 unspecified atom stereocenters. The molecule has 0 saturated heterocycles. The van der Waals surface area contributed by atoms with Crippen LogP contribution < -0.4 is 5.32 Å². The molecule has 0 aliphatic heterocycles. The molecule has 0 bridgehead atoms. The van der Waals surface area contributed by atoms with Gasteiger partial charge in [-0.05, 0) is 43.7 Å². The largest absolute Gasteiger partial charge is 0.343 e. The number of anilines is 1. The van der Waals surface area contributed by atoms with Gasteiger partial charge in [-0.15, -0.1) is 0 Å². The van der Waals surface area contributed by atoms with Crippen LogP contribution in [0.4, 0.5) is 10.5 Å². The number of hydrogen-bond donors (Lipinski definition) is 1. The van der Waals surface area contributed by atoms with E-state index in [0.717, 1.165) is 11.3 Å². The predicted molar refractivity (Wildman–Crippen MR) is 103 cm³/mol. The van der Waals surface area contributed by atoms with Gasteiger partial charge in [0, 0.05) is 32.0 Å². The van der Waals surface area contributed by atoms with Crippen LogP contribution in [0, 0.1) is 0 Å². The summed E-state index contributed by atoms with van der Waals surface area (Å²) in [5, 5.41) is 2.85. The summed E-state index contributed by atoms with van der Waals surface area (Å²) in [5.41, 5.74) is 2.46. The molecule has 0 aliphatic rings. The Morgan fingerprint density at radius 1 is 1.04 bits per heavy atom. The van der Waals surface area contributed by atoms with Crippen LogP contribution in [-0.4, -0.2) is 46.9 Å². The summed E-state index contributed by atoms with van der Waals surface area (Å²) in [4.78, 5) is 32.0. The van der Waals surface area contributed by atoms with Gasteiger partial charge in [-0.25, -0.2) is 4.79 Å². The first kappa shape index (κ1) is 19.4. The highest BCUT2D eigenvalue weighted by Gasteiger charge is 2.12. The van der Waals surface area contributed by atoms with E-state index in [-0.39, 0.29) is 11.9 Å². The number of pyridine rings is 1. The molecule has 0 radical (unpaired) electrons. The van der Waals surface area contributed by atoms with Crippen molar-refractivity contribution in [2.24, 2.45) is 0 Å². The van der Waals surface area contributed by atoms with Crippen LogP contribution in [0.2, 0.25) is 0 Å². The number of amides is 3. The lowest BCUT2D eigenvalue weighted by atomic mass is 10.1. The van der Waals surface area contributed by atoms with Crippen LogP contribution in [0.15, 0.2) is 48.7 Å². The van der Waals surface area contributed by atoms with E-state index in [4.69, 9.17) is 0 Å². The Bertz CT molecular complexity index is 712. The average molecular weight is 354 g/mol. The highest BCUT2D eigenvalue weighted by Crippen LogP contribution is 2.12. The minimum atomic E-state index is -0.206. The highest BCUT2D eigenvalue weighted by atomic mass is 16.2. The fraction of sp³-hybridized carbons (Fsp3) is 0.350. The van der Waals surface area contributed by atoms with E-state index in [1.165, 1.54) is 0 Å². The van der Waals surface area contributed by atoms with E-state index >= 15 is 0 Å². The standard InChI is InChI=1S/C20H26N4O2/c1-4-24(5-2)19(25)14-16-9-11-17(12-10-16)22-20(26)23(3)15-18-8-6-7-13-21-18/h6-13H,4-5,14-15H2,1-3H3,(H,22,26). The van der Waals surface area contributed by atoms with Gasteiger partial charge in [0.15, 0.2) is 0 Å². The summed E-state index contributed by atoms with van der Waals surface area (Å²) in [6, 6.07) is 12.8. The fourth-order valence-corrected chi connectivity index (χ4v) is 2.59. The second kappa shape index (κ2) is 9.56. The first-order chi connectivity index (χ1) is 12.5. The highest BCUT2D eigenvalue weighted by molar-refractivity contribution is 5.89. The second-order valence-electron chi connectivity index (χ2n) is 6.05. The monoisotopic (exact) mass is 354 g/mol. The number of hydrogen-bond acceptors (Lipinski definition) is 3. The molecule has 2 aromatic rings. The Labute approximate surface area is 154 Å². The Morgan fingerprint density at radius 2 is 1.73 bits per heavy atom. The predicted octanol–water partition coefficient (Wildman–Crippen LogP) is 3.16. The van der Waals surface area contributed by atoms with Crippen molar-refractivity contribution in [3.63, 3.8) is 0 Å². The number of nitrogens with zero attached hydrogens (tertiary/aromatic N) is 3. The summed E-state index contributed by atoms with van der Waals surface area (Å²) in [6.45, 7) is 5.81. The minimum absolute atomic E-state index is 0.113. The van der Waals surface area contributed by atoms with Crippen molar-refractivity contribution in [1.29, 1.82) is 0 Å². The van der Waals surface area contributed by atoms with Gasteiger partial charge in [-0.2, -0.15) is 0 Å².